The number of aliphatic carboxylic acids is 1. The fraction of sp³-hybridized carbons (Fsp3) is 0.0135. The molecule has 0 radical (unpaired) electrons. The molecule has 0 saturated carbocycles. The van der Waals surface area contributed by atoms with Crippen molar-refractivity contribution in [1.82, 2.24) is 37.5 Å². The summed E-state index contributed by atoms with van der Waals surface area (Å²) in [7, 11) is 0. The van der Waals surface area contributed by atoms with Gasteiger partial charge in [-0.15, -0.1) is 12.1 Å². The van der Waals surface area contributed by atoms with Crippen LogP contribution in [0.15, 0.2) is 256 Å². The summed E-state index contributed by atoms with van der Waals surface area (Å²) in [4.78, 5) is 28.5. The van der Waals surface area contributed by atoms with E-state index >= 15 is 0 Å². The number of para-hydroxylation sites is 4. The van der Waals surface area contributed by atoms with Crippen molar-refractivity contribution in [2.45, 2.75) is 6.92 Å². The van der Waals surface area contributed by atoms with E-state index in [4.69, 9.17) is 29.3 Å². The molecular weight excluding hydrogens is 1170 g/mol. The minimum absolute atomic E-state index is 0. The maximum Gasteiger partial charge on any atom is 2.00 e. The molecular formula is C74H46N8O4Pd. The van der Waals surface area contributed by atoms with Gasteiger partial charge in [0, 0.05) is 99.3 Å². The summed E-state index contributed by atoms with van der Waals surface area (Å²) in [6.45, 7) is 1.08. The molecule has 0 bridgehead atoms. The van der Waals surface area contributed by atoms with Crippen molar-refractivity contribution in [3.8, 4) is 45.5 Å². The number of ether oxygens (including phenoxy) is 2. The summed E-state index contributed by atoms with van der Waals surface area (Å²) in [6.07, 6.45) is 11.9. The van der Waals surface area contributed by atoms with Crippen LogP contribution < -0.4 is 9.47 Å². The van der Waals surface area contributed by atoms with Crippen LogP contribution in [-0.4, -0.2) is 48.6 Å². The topological polar surface area (TPSA) is 125 Å². The number of benzene rings is 10. The molecule has 13 heteroatoms. The normalized spacial score (nSPS) is 11.5. The fourth-order valence-electron chi connectivity index (χ4n) is 12.2. The number of hydrogen-bond donors (Lipinski definition) is 1. The van der Waals surface area contributed by atoms with Crippen LogP contribution >= 0.6 is 0 Å². The first-order chi connectivity index (χ1) is 42.4. The van der Waals surface area contributed by atoms with E-state index in [1.165, 1.54) is 10.8 Å². The number of carboxylic acid groups (broad SMARTS) is 1. The summed E-state index contributed by atoms with van der Waals surface area (Å²) >= 11 is 0. The van der Waals surface area contributed by atoms with Crippen LogP contribution in [-0.2, 0) is 25.2 Å². The molecule has 8 aromatic heterocycles. The van der Waals surface area contributed by atoms with E-state index in [-0.39, 0.29) is 20.4 Å². The summed E-state index contributed by atoms with van der Waals surface area (Å²) in [5.41, 5.74) is 12.0. The van der Waals surface area contributed by atoms with Crippen LogP contribution in [0.3, 0.4) is 0 Å². The molecule has 0 aliphatic heterocycles. The number of nitrogens with zero attached hydrogens (tertiary/aromatic N) is 8. The van der Waals surface area contributed by atoms with E-state index < -0.39 is 5.97 Å². The molecule has 8 heterocycles. The molecule has 0 aliphatic carbocycles. The molecule has 0 saturated heterocycles. The standard InChI is InChI=1S/C36H22N4O.C36H20N4O.C2H4O2.Pd/c2*1-2-8-23(9-3-1)32-22-40-34-13-7-5-11-29(34)27-17-15-25(21-31(27)36(40)38-32)41-24-14-16-26-28-10-4-6-12-33(28)39-19-18-37-35(39)30(26)20-24;1-2(3)4;/h1-22H;1-19,22H;1H3,(H,3,4);/q;-2;;+2. The number of carboxylic acids is 1. The first kappa shape index (κ1) is 52.6. The largest absolute Gasteiger partial charge is 2.00 e. The third-order valence-corrected chi connectivity index (χ3v) is 15.9. The maximum atomic E-state index is 9.00. The van der Waals surface area contributed by atoms with Crippen molar-refractivity contribution >= 4 is 115 Å². The zero-order valence-corrected chi connectivity index (χ0v) is 47.9. The Bertz CT molecular complexity index is 5390. The van der Waals surface area contributed by atoms with Gasteiger partial charge >= 0.3 is 20.4 Å². The number of fused-ring (bicyclic) bond motifs is 24. The molecule has 18 aromatic rings. The van der Waals surface area contributed by atoms with Gasteiger partial charge in [0.15, 0.2) is 0 Å². The zero-order chi connectivity index (χ0) is 57.4. The van der Waals surface area contributed by atoms with Crippen LogP contribution in [0, 0.1) is 12.1 Å². The van der Waals surface area contributed by atoms with E-state index in [2.05, 4.69) is 204 Å². The molecule has 10 aromatic carbocycles. The van der Waals surface area contributed by atoms with Crippen molar-refractivity contribution < 1.29 is 39.8 Å². The average Bonchev–Trinajstić information content (AvgIpc) is 1.87. The van der Waals surface area contributed by atoms with Gasteiger partial charge in [-0.05, 0) is 82.2 Å². The van der Waals surface area contributed by atoms with Gasteiger partial charge in [0.05, 0.1) is 33.7 Å². The summed E-state index contributed by atoms with van der Waals surface area (Å²) in [5.74, 6) is 1.91. The molecule has 0 unspecified atom stereocenters. The SMILES string of the molecule is CC(=O)O.[Pd+2].[c-]1c(Oc2[c-]c3c(cc2)c2ccccc2n2cc(-c4ccccc4)nc32)ccc2c1c1nccn1c1ccccc21.c1ccc(-c2cn3c4ccccc4c4ccc(Oc5ccc6c7ccccc7n7ccnc7c6c5)cc4c3n2)cc1. The molecule has 0 fully saturated rings. The van der Waals surface area contributed by atoms with Crippen LogP contribution in [0.1, 0.15) is 6.92 Å². The van der Waals surface area contributed by atoms with E-state index in [9.17, 15) is 0 Å². The minimum atomic E-state index is -0.833. The van der Waals surface area contributed by atoms with Crippen LogP contribution in [0.25, 0.3) is 132 Å². The Morgan fingerprint density at radius 1 is 0.391 bits per heavy atom. The number of aromatic nitrogens is 8. The summed E-state index contributed by atoms with van der Waals surface area (Å²) in [5, 5.41) is 20.5. The van der Waals surface area contributed by atoms with E-state index in [0.29, 0.717) is 11.5 Å². The molecule has 87 heavy (non-hydrogen) atoms. The second-order valence-electron chi connectivity index (χ2n) is 21.0. The number of imidazole rings is 4. The average molecular weight is 1220 g/mol. The first-order valence-electron chi connectivity index (χ1n) is 28.1. The fourth-order valence-corrected chi connectivity index (χ4v) is 12.2. The summed E-state index contributed by atoms with van der Waals surface area (Å²) in [6, 6.07) is 81.9. The second kappa shape index (κ2) is 21.4. The smallest absolute Gasteiger partial charge is 0.497 e. The Kier molecular flexibility index (Phi) is 13.0. The molecule has 0 aliphatic rings. The Labute approximate surface area is 509 Å². The molecule has 0 spiro atoms. The first-order valence-corrected chi connectivity index (χ1v) is 28.1. The number of rotatable bonds is 6. The number of pyridine rings is 4. The predicted octanol–water partition coefficient (Wildman–Crippen LogP) is 17.8. The molecule has 0 atom stereocenters. The van der Waals surface area contributed by atoms with Gasteiger partial charge in [-0.25, -0.2) is 9.97 Å². The zero-order valence-electron chi connectivity index (χ0n) is 46.3. The monoisotopic (exact) mass is 1220 g/mol. The van der Waals surface area contributed by atoms with Gasteiger partial charge in [0.1, 0.15) is 22.8 Å². The van der Waals surface area contributed by atoms with Gasteiger partial charge in [0.2, 0.25) is 0 Å². The third-order valence-electron chi connectivity index (χ3n) is 15.9. The molecule has 416 valence electrons. The van der Waals surface area contributed by atoms with Crippen LogP contribution in [0.2, 0.25) is 0 Å². The van der Waals surface area contributed by atoms with E-state index in [1.54, 1.807) is 0 Å². The third kappa shape index (κ3) is 9.09. The quantitative estimate of drug-likeness (QED) is 0.0991. The van der Waals surface area contributed by atoms with Crippen LogP contribution in [0.5, 0.6) is 23.0 Å². The van der Waals surface area contributed by atoms with E-state index in [1.807, 2.05) is 91.5 Å². The van der Waals surface area contributed by atoms with Crippen molar-refractivity contribution in [3.63, 3.8) is 0 Å². The summed E-state index contributed by atoms with van der Waals surface area (Å²) < 4.78 is 21.5. The van der Waals surface area contributed by atoms with Crippen molar-refractivity contribution in [2.24, 2.45) is 0 Å². The number of hydrogen-bond acceptors (Lipinski definition) is 7. The second-order valence-corrected chi connectivity index (χ2v) is 21.0. The van der Waals surface area contributed by atoms with Crippen molar-refractivity contribution in [1.29, 1.82) is 0 Å². The van der Waals surface area contributed by atoms with Gasteiger partial charge < -0.3 is 23.4 Å². The van der Waals surface area contributed by atoms with Crippen molar-refractivity contribution in [2.75, 3.05) is 0 Å². The predicted molar refractivity (Wildman–Crippen MR) is 343 cm³/mol. The Morgan fingerprint density at radius 2 is 0.770 bits per heavy atom. The van der Waals surface area contributed by atoms with Gasteiger partial charge in [-0.2, -0.15) is 0 Å². The van der Waals surface area contributed by atoms with Crippen LogP contribution in [0.4, 0.5) is 0 Å². The minimum Gasteiger partial charge on any atom is -0.497 e. The van der Waals surface area contributed by atoms with Gasteiger partial charge in [0.25, 0.3) is 5.97 Å². The Morgan fingerprint density at radius 3 is 1.28 bits per heavy atom. The molecule has 1 N–H and O–H groups in total. The molecule has 0 amide bonds. The molecule has 12 nitrogen and oxygen atoms in total. The van der Waals surface area contributed by atoms with Gasteiger partial charge in [-0.3, -0.25) is 23.6 Å². The Balaban J connectivity index is 0.000000137. The van der Waals surface area contributed by atoms with Crippen molar-refractivity contribution in [3.05, 3.63) is 268 Å². The van der Waals surface area contributed by atoms with E-state index in [0.717, 1.165) is 139 Å². The van der Waals surface area contributed by atoms with Gasteiger partial charge in [-0.1, -0.05) is 179 Å². The molecule has 18 rings (SSSR count). The number of carbonyl (C=O) groups is 1. The Hall–Kier alpha value is -11.2. The maximum absolute atomic E-state index is 9.00.